The van der Waals surface area contributed by atoms with Crippen molar-refractivity contribution in [2.75, 3.05) is 40.9 Å². The van der Waals surface area contributed by atoms with Crippen molar-refractivity contribution in [2.45, 2.75) is 219 Å². The van der Waals surface area contributed by atoms with Gasteiger partial charge in [0.2, 0.25) is 5.91 Å². The van der Waals surface area contributed by atoms with Crippen LogP contribution in [0.4, 0.5) is 0 Å². The van der Waals surface area contributed by atoms with Gasteiger partial charge in [0.15, 0.2) is 0 Å². The molecule has 0 spiro atoms. The van der Waals surface area contributed by atoms with Crippen LogP contribution in [0.25, 0.3) is 0 Å². The first kappa shape index (κ1) is 63.2. The number of likely N-dealkylation sites (N-methyl/N-ethyl adjacent to an activating group) is 1. The molecule has 0 aliphatic heterocycles. The normalized spacial score (nSPS) is 14.6. The van der Waals surface area contributed by atoms with Crippen LogP contribution in [0.3, 0.4) is 0 Å². The highest BCUT2D eigenvalue weighted by Crippen LogP contribution is 2.43. The summed E-state index contributed by atoms with van der Waals surface area (Å²) < 4.78 is 30.5. The van der Waals surface area contributed by atoms with Crippen LogP contribution in [-0.2, 0) is 27.9 Å². The quantitative estimate of drug-likeness (QED) is 0.0156. The van der Waals surface area contributed by atoms with E-state index in [1.54, 1.807) is 0 Å². The van der Waals surface area contributed by atoms with E-state index in [4.69, 9.17) is 13.8 Å². The summed E-state index contributed by atoms with van der Waals surface area (Å²) in [7, 11) is 1.45. The van der Waals surface area contributed by atoms with Crippen LogP contribution in [-0.4, -0.2) is 74.3 Å². The zero-order chi connectivity index (χ0) is 48.7. The van der Waals surface area contributed by atoms with Crippen LogP contribution < -0.4 is 5.32 Å². The van der Waals surface area contributed by atoms with E-state index in [-0.39, 0.29) is 31.5 Å². The fraction of sp³-hybridized carbons (Fsp3) is 0.714. The van der Waals surface area contributed by atoms with Gasteiger partial charge in [0.05, 0.1) is 33.8 Å². The minimum absolute atomic E-state index is 0.0281. The van der Waals surface area contributed by atoms with E-state index in [0.717, 1.165) is 103 Å². The van der Waals surface area contributed by atoms with E-state index in [2.05, 4.69) is 92.9 Å². The second-order valence-corrected chi connectivity index (χ2v) is 20.1. The van der Waals surface area contributed by atoms with Crippen molar-refractivity contribution in [1.82, 2.24) is 5.32 Å². The highest BCUT2D eigenvalue weighted by molar-refractivity contribution is 7.47. The van der Waals surface area contributed by atoms with Gasteiger partial charge in [-0.25, -0.2) is 4.57 Å². The maximum absolute atomic E-state index is 13.4. The molecule has 0 aliphatic rings. The second kappa shape index (κ2) is 45.9. The third-order valence-electron chi connectivity index (χ3n) is 11.1. The summed E-state index contributed by atoms with van der Waals surface area (Å²) in [5.74, 6) is -0.562. The lowest BCUT2D eigenvalue weighted by atomic mass is 10.0. The average Bonchev–Trinajstić information content (AvgIpc) is 3.27. The molecular weight excluding hydrogens is 844 g/mol. The van der Waals surface area contributed by atoms with Gasteiger partial charge in [0.1, 0.15) is 19.3 Å². The number of nitrogens with one attached hydrogen (secondary N) is 1. The summed E-state index contributed by atoms with van der Waals surface area (Å²) >= 11 is 0. The van der Waals surface area contributed by atoms with E-state index in [9.17, 15) is 19.0 Å². The Kier molecular flexibility index (Phi) is 44.0. The number of ether oxygens (including phenoxy) is 1. The number of carbonyl (C=O) groups is 2. The summed E-state index contributed by atoms with van der Waals surface area (Å²) in [6.07, 6.45) is 58.6. The number of rotatable bonds is 46. The molecule has 0 aromatic carbocycles. The van der Waals surface area contributed by atoms with Crippen molar-refractivity contribution < 1.29 is 37.3 Å². The van der Waals surface area contributed by atoms with Crippen LogP contribution in [0.1, 0.15) is 207 Å². The lowest BCUT2D eigenvalue weighted by Gasteiger charge is -2.27. The minimum Gasteiger partial charge on any atom is -0.456 e. The molecule has 9 nitrogen and oxygen atoms in total. The first-order chi connectivity index (χ1) is 31.9. The van der Waals surface area contributed by atoms with Gasteiger partial charge < -0.3 is 19.4 Å². The van der Waals surface area contributed by atoms with Gasteiger partial charge in [-0.1, -0.05) is 196 Å². The molecule has 10 heteroatoms. The largest absolute Gasteiger partial charge is 0.472 e. The SMILES string of the molecule is CC/C=C/C=C/C=C\CCCCCCCC(=O)OC(/C=C/CCCCCCCCCCCCC)C(COP(=O)(O)OCC[N+](C)(C)C)NC(=O)CCCCCC/C=C/C/C=C/C/C=C/CC. The van der Waals surface area contributed by atoms with E-state index in [1.807, 2.05) is 39.4 Å². The van der Waals surface area contributed by atoms with Crippen molar-refractivity contribution in [3.63, 3.8) is 0 Å². The molecule has 0 bridgehead atoms. The van der Waals surface area contributed by atoms with Crippen LogP contribution in [0.5, 0.6) is 0 Å². The topological polar surface area (TPSA) is 111 Å². The fourth-order valence-electron chi connectivity index (χ4n) is 7.07. The molecule has 380 valence electrons. The number of phosphoric acid groups is 1. The van der Waals surface area contributed by atoms with Gasteiger partial charge in [-0.05, 0) is 83.1 Å². The van der Waals surface area contributed by atoms with E-state index < -0.39 is 20.0 Å². The Morgan fingerprint density at radius 2 is 1.05 bits per heavy atom. The average molecular weight is 944 g/mol. The van der Waals surface area contributed by atoms with Gasteiger partial charge >= 0.3 is 13.8 Å². The number of hydrogen-bond donors (Lipinski definition) is 2. The number of carbonyl (C=O) groups excluding carboxylic acids is 2. The third kappa shape index (κ3) is 46.3. The van der Waals surface area contributed by atoms with Gasteiger partial charge in [-0.15, -0.1) is 0 Å². The molecule has 0 saturated heterocycles. The van der Waals surface area contributed by atoms with E-state index >= 15 is 0 Å². The molecule has 0 rings (SSSR count). The van der Waals surface area contributed by atoms with Crippen molar-refractivity contribution in [3.8, 4) is 0 Å². The first-order valence-electron chi connectivity index (χ1n) is 26.4. The molecule has 0 aromatic heterocycles. The number of esters is 1. The predicted molar refractivity (Wildman–Crippen MR) is 281 cm³/mol. The smallest absolute Gasteiger partial charge is 0.456 e. The monoisotopic (exact) mass is 944 g/mol. The molecule has 3 atom stereocenters. The maximum Gasteiger partial charge on any atom is 0.472 e. The fourth-order valence-corrected chi connectivity index (χ4v) is 7.81. The van der Waals surface area contributed by atoms with Crippen LogP contribution >= 0.6 is 7.82 Å². The summed E-state index contributed by atoms with van der Waals surface area (Å²) in [6, 6.07) is -0.870. The number of allylic oxidation sites excluding steroid dienone is 13. The molecule has 0 heterocycles. The van der Waals surface area contributed by atoms with E-state index in [1.165, 1.54) is 57.8 Å². The van der Waals surface area contributed by atoms with Crippen LogP contribution in [0.2, 0.25) is 0 Å². The Balaban J connectivity index is 5.52. The van der Waals surface area contributed by atoms with Crippen molar-refractivity contribution in [2.24, 2.45) is 0 Å². The zero-order valence-electron chi connectivity index (χ0n) is 43.2. The Bertz CT molecular complexity index is 1410. The lowest BCUT2D eigenvalue weighted by Crippen LogP contribution is -2.47. The molecule has 66 heavy (non-hydrogen) atoms. The molecule has 0 aromatic rings. The molecule has 0 radical (unpaired) electrons. The van der Waals surface area contributed by atoms with Crippen LogP contribution in [0, 0.1) is 0 Å². The summed E-state index contributed by atoms with van der Waals surface area (Å²) in [4.78, 5) is 37.4. The predicted octanol–water partition coefficient (Wildman–Crippen LogP) is 15.5. The standard InChI is InChI=1S/C56H99N2O7P/c1-7-10-13-16-19-22-25-28-31-33-36-39-42-45-48-55(59)57-53(52-64-66(61,62)63-51-50-58(4,5)6)54(47-44-41-38-35-32-29-26-23-20-17-14-11-8-2)65-56(60)49-46-43-40-37-34-30-27-24-21-18-15-12-9-3/h10,12-13,15,18-19,21-22,24,27-28,31,44,47,53-54H,7-9,11,14,16-17,20,23,25-26,29-30,32-43,45-46,48-52H2,1-6H3,(H-,57,59,61,62)/p+1/b13-10+,15-12+,21-18+,22-19+,27-24-,31-28+,47-44+. The summed E-state index contributed by atoms with van der Waals surface area (Å²) in [5.41, 5.74) is 0. The number of quaternary nitrogens is 1. The van der Waals surface area contributed by atoms with Crippen molar-refractivity contribution in [1.29, 1.82) is 0 Å². The number of hydrogen-bond acceptors (Lipinski definition) is 6. The van der Waals surface area contributed by atoms with Crippen molar-refractivity contribution >= 4 is 19.7 Å². The molecule has 3 unspecified atom stereocenters. The highest BCUT2D eigenvalue weighted by Gasteiger charge is 2.30. The Morgan fingerprint density at radius 1 is 0.561 bits per heavy atom. The number of phosphoric ester groups is 1. The number of nitrogens with zero attached hydrogens (tertiary/aromatic N) is 1. The number of amides is 1. The Morgan fingerprint density at radius 3 is 1.62 bits per heavy atom. The zero-order valence-corrected chi connectivity index (χ0v) is 44.1. The molecular formula is C56H100N2O7P+. The molecule has 1 amide bonds. The first-order valence-corrected chi connectivity index (χ1v) is 27.9. The Hall–Kier alpha value is -2.81. The van der Waals surface area contributed by atoms with Gasteiger partial charge in [-0.3, -0.25) is 18.6 Å². The second-order valence-electron chi connectivity index (χ2n) is 18.7. The minimum atomic E-state index is -4.45. The Labute approximate surface area is 406 Å². The third-order valence-corrected chi connectivity index (χ3v) is 12.1. The molecule has 0 saturated carbocycles. The molecule has 2 N–H and O–H groups in total. The molecule has 0 fully saturated rings. The van der Waals surface area contributed by atoms with Crippen molar-refractivity contribution in [3.05, 3.63) is 85.1 Å². The summed E-state index contributed by atoms with van der Waals surface area (Å²) in [6.45, 7) is 6.71. The van der Waals surface area contributed by atoms with E-state index in [0.29, 0.717) is 30.3 Å². The molecule has 0 aliphatic carbocycles. The maximum atomic E-state index is 13.4. The van der Waals surface area contributed by atoms with Gasteiger partial charge in [-0.2, -0.15) is 0 Å². The highest BCUT2D eigenvalue weighted by atomic mass is 31.2. The lowest BCUT2D eigenvalue weighted by molar-refractivity contribution is -0.870. The summed E-state index contributed by atoms with van der Waals surface area (Å²) in [5, 5.41) is 3.02. The number of unbranched alkanes of at least 4 members (excludes halogenated alkanes) is 20. The van der Waals surface area contributed by atoms with Gasteiger partial charge in [0, 0.05) is 12.8 Å². The van der Waals surface area contributed by atoms with Gasteiger partial charge in [0.25, 0.3) is 0 Å². The van der Waals surface area contributed by atoms with Crippen LogP contribution in [0.15, 0.2) is 85.1 Å².